The molecule has 0 aliphatic carbocycles. The van der Waals surface area contributed by atoms with Gasteiger partial charge in [-0.1, -0.05) is 56.3 Å². The summed E-state index contributed by atoms with van der Waals surface area (Å²) in [6.07, 6.45) is 2.97. The van der Waals surface area contributed by atoms with Crippen LogP contribution in [-0.4, -0.2) is 4.98 Å². The van der Waals surface area contributed by atoms with Crippen LogP contribution in [0.15, 0.2) is 66.9 Å². The molecule has 0 fully saturated rings. The third kappa shape index (κ3) is 3.68. The molecule has 0 N–H and O–H groups in total. The van der Waals surface area contributed by atoms with Crippen molar-refractivity contribution in [3.63, 3.8) is 0 Å². The standard InChI is InChI=1S/C22H23N/c1-16(2)13-18-7-6-8-19(14-18)20-11-10-17(3)21(15-20)22-9-4-5-12-23-22/h4-12,14-16H,13H2,1-3H3. The van der Waals surface area contributed by atoms with Crippen LogP contribution >= 0.6 is 0 Å². The Morgan fingerprint density at radius 3 is 2.43 bits per heavy atom. The minimum atomic E-state index is 0.673. The van der Waals surface area contributed by atoms with Gasteiger partial charge in [0.25, 0.3) is 0 Å². The van der Waals surface area contributed by atoms with Crippen LogP contribution in [0.25, 0.3) is 22.4 Å². The Labute approximate surface area is 139 Å². The van der Waals surface area contributed by atoms with Crippen LogP contribution in [0.4, 0.5) is 0 Å². The Balaban J connectivity index is 2.01. The van der Waals surface area contributed by atoms with Gasteiger partial charge in [-0.05, 0) is 59.7 Å². The largest absolute Gasteiger partial charge is 0.256 e. The van der Waals surface area contributed by atoms with Gasteiger partial charge < -0.3 is 0 Å². The number of nitrogens with zero attached hydrogens (tertiary/aromatic N) is 1. The van der Waals surface area contributed by atoms with Crippen molar-refractivity contribution in [2.24, 2.45) is 5.92 Å². The van der Waals surface area contributed by atoms with Crippen molar-refractivity contribution in [3.05, 3.63) is 78.0 Å². The maximum atomic E-state index is 4.50. The van der Waals surface area contributed by atoms with Gasteiger partial charge in [-0.25, -0.2) is 0 Å². The highest BCUT2D eigenvalue weighted by Crippen LogP contribution is 2.29. The summed E-state index contributed by atoms with van der Waals surface area (Å²) in [5, 5.41) is 0. The van der Waals surface area contributed by atoms with Crippen molar-refractivity contribution in [2.45, 2.75) is 27.2 Å². The molecule has 0 unspecified atom stereocenters. The molecule has 1 nitrogen and oxygen atoms in total. The number of benzene rings is 2. The molecule has 3 rings (SSSR count). The van der Waals surface area contributed by atoms with Crippen LogP contribution in [-0.2, 0) is 6.42 Å². The molecule has 0 amide bonds. The first kappa shape index (κ1) is 15.5. The first-order valence-corrected chi connectivity index (χ1v) is 8.25. The van der Waals surface area contributed by atoms with Gasteiger partial charge in [-0.3, -0.25) is 4.98 Å². The van der Waals surface area contributed by atoms with E-state index in [4.69, 9.17) is 0 Å². The van der Waals surface area contributed by atoms with Gasteiger partial charge in [0.1, 0.15) is 0 Å². The van der Waals surface area contributed by atoms with Crippen molar-refractivity contribution in [3.8, 4) is 22.4 Å². The molecule has 2 aromatic carbocycles. The molecule has 0 saturated carbocycles. The maximum Gasteiger partial charge on any atom is 0.0704 e. The molecule has 1 heteroatoms. The monoisotopic (exact) mass is 301 g/mol. The van der Waals surface area contributed by atoms with Crippen LogP contribution in [0, 0.1) is 12.8 Å². The normalized spacial score (nSPS) is 11.0. The Hall–Kier alpha value is -2.41. The lowest BCUT2D eigenvalue weighted by Crippen LogP contribution is -1.94. The van der Waals surface area contributed by atoms with Crippen molar-refractivity contribution >= 4 is 0 Å². The summed E-state index contributed by atoms with van der Waals surface area (Å²) in [6, 6.07) is 21.6. The molecule has 1 heterocycles. The molecule has 3 aromatic rings. The van der Waals surface area contributed by atoms with E-state index in [0.717, 1.165) is 12.1 Å². The molecule has 23 heavy (non-hydrogen) atoms. The molecule has 0 aliphatic rings. The van der Waals surface area contributed by atoms with E-state index in [9.17, 15) is 0 Å². The minimum absolute atomic E-state index is 0.673. The van der Waals surface area contributed by atoms with E-state index in [1.807, 2.05) is 18.3 Å². The first-order chi connectivity index (χ1) is 11.1. The number of pyridine rings is 1. The third-order valence-corrected chi connectivity index (χ3v) is 4.08. The lowest BCUT2D eigenvalue weighted by molar-refractivity contribution is 0.647. The van der Waals surface area contributed by atoms with Crippen LogP contribution < -0.4 is 0 Å². The van der Waals surface area contributed by atoms with E-state index in [1.54, 1.807) is 0 Å². The summed E-state index contributed by atoms with van der Waals surface area (Å²) in [5.41, 5.74) is 7.42. The van der Waals surface area contributed by atoms with Crippen molar-refractivity contribution < 1.29 is 0 Å². The second-order valence-corrected chi connectivity index (χ2v) is 6.54. The quantitative estimate of drug-likeness (QED) is 0.582. The van der Waals surface area contributed by atoms with Gasteiger partial charge in [0.05, 0.1) is 5.69 Å². The number of aromatic nitrogens is 1. The van der Waals surface area contributed by atoms with Crippen LogP contribution in [0.5, 0.6) is 0 Å². The number of rotatable bonds is 4. The molecule has 0 atom stereocenters. The molecule has 0 radical (unpaired) electrons. The second kappa shape index (κ2) is 6.78. The highest BCUT2D eigenvalue weighted by molar-refractivity contribution is 5.74. The van der Waals surface area contributed by atoms with Gasteiger partial charge >= 0.3 is 0 Å². The molecule has 0 aliphatic heterocycles. The predicted octanol–water partition coefficient (Wildman–Crippen LogP) is 5.92. The van der Waals surface area contributed by atoms with E-state index >= 15 is 0 Å². The SMILES string of the molecule is Cc1ccc(-c2cccc(CC(C)C)c2)cc1-c1ccccn1. The highest BCUT2D eigenvalue weighted by atomic mass is 14.7. The zero-order valence-corrected chi connectivity index (χ0v) is 14.1. The van der Waals surface area contributed by atoms with Crippen molar-refractivity contribution in [1.82, 2.24) is 4.98 Å². The highest BCUT2D eigenvalue weighted by Gasteiger charge is 2.07. The molecule has 0 spiro atoms. The fourth-order valence-corrected chi connectivity index (χ4v) is 2.95. The second-order valence-electron chi connectivity index (χ2n) is 6.54. The zero-order valence-electron chi connectivity index (χ0n) is 14.1. The Bertz CT molecular complexity index is 788. The minimum Gasteiger partial charge on any atom is -0.256 e. The smallest absolute Gasteiger partial charge is 0.0704 e. The van der Waals surface area contributed by atoms with E-state index < -0.39 is 0 Å². The molecular weight excluding hydrogens is 278 g/mol. The van der Waals surface area contributed by atoms with Crippen molar-refractivity contribution in [1.29, 1.82) is 0 Å². The Morgan fingerprint density at radius 1 is 0.870 bits per heavy atom. The number of hydrogen-bond acceptors (Lipinski definition) is 1. The van der Waals surface area contributed by atoms with E-state index in [1.165, 1.54) is 27.8 Å². The summed E-state index contributed by atoms with van der Waals surface area (Å²) in [7, 11) is 0. The van der Waals surface area contributed by atoms with E-state index in [-0.39, 0.29) is 0 Å². The number of aryl methyl sites for hydroxylation is 1. The molecule has 116 valence electrons. The summed E-state index contributed by atoms with van der Waals surface area (Å²) >= 11 is 0. The van der Waals surface area contributed by atoms with Crippen molar-refractivity contribution in [2.75, 3.05) is 0 Å². The average molecular weight is 301 g/mol. The van der Waals surface area contributed by atoms with Gasteiger partial charge in [-0.2, -0.15) is 0 Å². The zero-order chi connectivity index (χ0) is 16.2. The third-order valence-electron chi connectivity index (χ3n) is 4.08. The maximum absolute atomic E-state index is 4.50. The van der Waals surface area contributed by atoms with Gasteiger partial charge in [0, 0.05) is 11.8 Å². The summed E-state index contributed by atoms with van der Waals surface area (Å²) in [5.74, 6) is 0.673. The first-order valence-electron chi connectivity index (χ1n) is 8.25. The summed E-state index contributed by atoms with van der Waals surface area (Å²) in [6.45, 7) is 6.67. The summed E-state index contributed by atoms with van der Waals surface area (Å²) in [4.78, 5) is 4.50. The topological polar surface area (TPSA) is 12.9 Å². The van der Waals surface area contributed by atoms with Gasteiger partial charge in [-0.15, -0.1) is 0 Å². The predicted molar refractivity (Wildman–Crippen MR) is 98.4 cm³/mol. The van der Waals surface area contributed by atoms with E-state index in [0.29, 0.717) is 5.92 Å². The fourth-order valence-electron chi connectivity index (χ4n) is 2.95. The lowest BCUT2D eigenvalue weighted by Gasteiger charge is -2.11. The van der Waals surface area contributed by atoms with Gasteiger partial charge in [0.2, 0.25) is 0 Å². The van der Waals surface area contributed by atoms with Crippen LogP contribution in [0.1, 0.15) is 25.0 Å². The fraction of sp³-hybridized carbons (Fsp3) is 0.227. The number of hydrogen-bond donors (Lipinski definition) is 0. The summed E-state index contributed by atoms with van der Waals surface area (Å²) < 4.78 is 0. The Morgan fingerprint density at radius 2 is 1.70 bits per heavy atom. The Kier molecular flexibility index (Phi) is 4.57. The molecule has 1 aromatic heterocycles. The molecular formula is C22H23N. The lowest BCUT2D eigenvalue weighted by atomic mass is 9.95. The van der Waals surface area contributed by atoms with Gasteiger partial charge in [0.15, 0.2) is 0 Å². The molecule has 0 bridgehead atoms. The average Bonchev–Trinajstić information content (AvgIpc) is 2.56. The molecule has 0 saturated heterocycles. The van der Waals surface area contributed by atoms with Crippen LogP contribution in [0.2, 0.25) is 0 Å². The van der Waals surface area contributed by atoms with E-state index in [2.05, 4.69) is 74.3 Å². The van der Waals surface area contributed by atoms with Crippen LogP contribution in [0.3, 0.4) is 0 Å².